The predicted octanol–water partition coefficient (Wildman–Crippen LogP) is 1.94. The van der Waals surface area contributed by atoms with E-state index >= 15 is 0 Å². The molecule has 2 atom stereocenters. The van der Waals surface area contributed by atoms with Gasteiger partial charge in [-0.25, -0.2) is 0 Å². The van der Waals surface area contributed by atoms with Crippen molar-refractivity contribution in [3.05, 3.63) is 0 Å². The zero-order valence-corrected chi connectivity index (χ0v) is 11.2. The van der Waals surface area contributed by atoms with Crippen LogP contribution in [0, 0.1) is 0 Å². The standard InChI is InChI=1S/C12H23N3S/c1-10-6-8-16-12(14-10)13-9-11-5-3-4-7-15(11)2/h10-11H,3-9H2,1-2H3,(H,13,14). The fourth-order valence-corrected chi connectivity index (χ4v) is 3.43. The molecule has 92 valence electrons. The monoisotopic (exact) mass is 241 g/mol. The van der Waals surface area contributed by atoms with Crippen molar-refractivity contribution in [2.45, 2.75) is 44.7 Å². The summed E-state index contributed by atoms with van der Waals surface area (Å²) >= 11 is 1.88. The van der Waals surface area contributed by atoms with Crippen molar-refractivity contribution >= 4 is 16.9 Å². The number of thioether (sulfide) groups is 1. The van der Waals surface area contributed by atoms with E-state index in [0.717, 1.165) is 11.7 Å². The largest absolute Gasteiger partial charge is 0.362 e. The van der Waals surface area contributed by atoms with Crippen molar-refractivity contribution in [3.8, 4) is 0 Å². The van der Waals surface area contributed by atoms with E-state index in [1.165, 1.54) is 38.0 Å². The number of piperidine rings is 1. The Kier molecular flexibility index (Phi) is 4.53. The van der Waals surface area contributed by atoms with Crippen LogP contribution in [0.25, 0.3) is 0 Å². The molecule has 4 heteroatoms. The average Bonchev–Trinajstić information content (AvgIpc) is 2.28. The van der Waals surface area contributed by atoms with Crippen LogP contribution in [-0.2, 0) is 0 Å². The van der Waals surface area contributed by atoms with Crippen LogP contribution in [0.2, 0.25) is 0 Å². The van der Waals surface area contributed by atoms with Crippen LogP contribution in [-0.4, -0.2) is 48.0 Å². The molecule has 2 rings (SSSR count). The maximum absolute atomic E-state index is 4.73. The fourth-order valence-electron chi connectivity index (χ4n) is 2.31. The lowest BCUT2D eigenvalue weighted by molar-refractivity contribution is 0.191. The highest BCUT2D eigenvalue weighted by atomic mass is 32.2. The van der Waals surface area contributed by atoms with Gasteiger partial charge in [-0.15, -0.1) is 0 Å². The lowest BCUT2D eigenvalue weighted by Crippen LogP contribution is -2.40. The summed E-state index contributed by atoms with van der Waals surface area (Å²) in [5.41, 5.74) is 0. The maximum Gasteiger partial charge on any atom is 0.156 e. The first-order valence-corrected chi connectivity index (χ1v) is 7.38. The van der Waals surface area contributed by atoms with Crippen molar-refractivity contribution in [3.63, 3.8) is 0 Å². The van der Waals surface area contributed by atoms with Gasteiger partial charge in [-0.1, -0.05) is 18.2 Å². The molecule has 16 heavy (non-hydrogen) atoms. The van der Waals surface area contributed by atoms with E-state index in [2.05, 4.69) is 24.2 Å². The van der Waals surface area contributed by atoms with E-state index in [1.807, 2.05) is 11.8 Å². The number of nitrogens with zero attached hydrogens (tertiary/aromatic N) is 2. The quantitative estimate of drug-likeness (QED) is 0.801. The molecule has 3 nitrogen and oxygen atoms in total. The summed E-state index contributed by atoms with van der Waals surface area (Å²) in [4.78, 5) is 7.20. The van der Waals surface area contributed by atoms with Crippen LogP contribution in [0.15, 0.2) is 4.99 Å². The fraction of sp³-hybridized carbons (Fsp3) is 0.917. The van der Waals surface area contributed by atoms with E-state index in [1.54, 1.807) is 0 Å². The lowest BCUT2D eigenvalue weighted by Gasteiger charge is -2.31. The highest BCUT2D eigenvalue weighted by molar-refractivity contribution is 8.13. The molecule has 2 heterocycles. The van der Waals surface area contributed by atoms with Gasteiger partial charge in [0.1, 0.15) is 0 Å². The molecule has 0 aromatic heterocycles. The minimum Gasteiger partial charge on any atom is -0.362 e. The summed E-state index contributed by atoms with van der Waals surface area (Å²) < 4.78 is 0. The van der Waals surface area contributed by atoms with E-state index in [0.29, 0.717) is 12.1 Å². The summed E-state index contributed by atoms with van der Waals surface area (Å²) in [6, 6.07) is 1.27. The molecule has 1 N–H and O–H groups in total. The van der Waals surface area contributed by atoms with Gasteiger partial charge in [0, 0.05) is 17.8 Å². The van der Waals surface area contributed by atoms with Crippen LogP contribution in [0.5, 0.6) is 0 Å². The predicted molar refractivity (Wildman–Crippen MR) is 72.2 cm³/mol. The van der Waals surface area contributed by atoms with Gasteiger partial charge in [-0.3, -0.25) is 4.99 Å². The molecular formula is C12H23N3S. The second-order valence-electron chi connectivity index (χ2n) is 4.96. The van der Waals surface area contributed by atoms with Crippen molar-refractivity contribution < 1.29 is 0 Å². The summed E-state index contributed by atoms with van der Waals surface area (Å²) in [7, 11) is 2.23. The third kappa shape index (κ3) is 3.39. The van der Waals surface area contributed by atoms with E-state index in [-0.39, 0.29) is 0 Å². The van der Waals surface area contributed by atoms with Crippen LogP contribution in [0.4, 0.5) is 0 Å². The first-order chi connectivity index (χ1) is 7.75. The van der Waals surface area contributed by atoms with Crippen molar-refractivity contribution in [1.29, 1.82) is 0 Å². The van der Waals surface area contributed by atoms with Gasteiger partial charge in [0.2, 0.25) is 0 Å². The molecule has 0 radical (unpaired) electrons. The van der Waals surface area contributed by atoms with E-state index in [9.17, 15) is 0 Å². The highest BCUT2D eigenvalue weighted by Gasteiger charge is 2.19. The van der Waals surface area contributed by atoms with Gasteiger partial charge in [0.15, 0.2) is 5.17 Å². The maximum atomic E-state index is 4.73. The summed E-state index contributed by atoms with van der Waals surface area (Å²) in [6.07, 6.45) is 5.30. The van der Waals surface area contributed by atoms with Crippen LogP contribution in [0.3, 0.4) is 0 Å². The first-order valence-electron chi connectivity index (χ1n) is 6.40. The first kappa shape index (κ1) is 12.2. The third-order valence-corrected chi connectivity index (χ3v) is 4.49. The Bertz CT molecular complexity index is 255. The molecule has 0 bridgehead atoms. The lowest BCUT2D eigenvalue weighted by atomic mass is 10.0. The third-order valence-electron chi connectivity index (χ3n) is 3.53. The van der Waals surface area contributed by atoms with Gasteiger partial charge in [-0.05, 0) is 39.8 Å². The van der Waals surface area contributed by atoms with E-state index < -0.39 is 0 Å². The topological polar surface area (TPSA) is 27.6 Å². The van der Waals surface area contributed by atoms with E-state index in [4.69, 9.17) is 4.99 Å². The number of likely N-dealkylation sites (tertiary alicyclic amines) is 1. The molecule has 2 unspecified atom stereocenters. The Hall–Kier alpha value is -0.220. The second kappa shape index (κ2) is 5.92. The van der Waals surface area contributed by atoms with Gasteiger partial charge >= 0.3 is 0 Å². The van der Waals surface area contributed by atoms with Crippen molar-refractivity contribution in [2.24, 2.45) is 4.99 Å². The highest BCUT2D eigenvalue weighted by Crippen LogP contribution is 2.17. The van der Waals surface area contributed by atoms with Crippen LogP contribution in [0.1, 0.15) is 32.6 Å². The van der Waals surface area contributed by atoms with Gasteiger partial charge < -0.3 is 10.2 Å². The minimum absolute atomic E-state index is 0.601. The molecule has 0 aromatic carbocycles. The number of amidine groups is 1. The molecular weight excluding hydrogens is 218 g/mol. The van der Waals surface area contributed by atoms with Gasteiger partial charge in [0.25, 0.3) is 0 Å². The Labute approximate surface area is 103 Å². The number of likely N-dealkylation sites (N-methyl/N-ethyl adjacent to an activating group) is 1. The van der Waals surface area contributed by atoms with Crippen molar-refractivity contribution in [2.75, 3.05) is 25.9 Å². The number of aliphatic imine (C=N–C) groups is 1. The minimum atomic E-state index is 0.601. The number of hydrogen-bond acceptors (Lipinski definition) is 3. The SMILES string of the molecule is CC1CCSC(=NCC2CCCCN2C)N1. The molecule has 2 saturated heterocycles. The summed E-state index contributed by atoms with van der Waals surface area (Å²) in [5.74, 6) is 1.22. The Morgan fingerprint density at radius 3 is 3.06 bits per heavy atom. The molecule has 0 saturated carbocycles. The summed E-state index contributed by atoms with van der Waals surface area (Å²) in [6.45, 7) is 4.45. The number of nitrogens with one attached hydrogen (secondary N) is 1. The Morgan fingerprint density at radius 1 is 1.44 bits per heavy atom. The molecule has 0 amide bonds. The molecule has 0 aromatic rings. The Balaban J connectivity index is 1.82. The van der Waals surface area contributed by atoms with Crippen LogP contribution < -0.4 is 5.32 Å². The normalized spacial score (nSPS) is 35.0. The summed E-state index contributed by atoms with van der Waals surface area (Å²) in [5, 5.41) is 4.63. The van der Waals surface area contributed by atoms with Gasteiger partial charge in [-0.2, -0.15) is 0 Å². The second-order valence-corrected chi connectivity index (χ2v) is 6.04. The molecule has 0 spiro atoms. The zero-order valence-electron chi connectivity index (χ0n) is 10.4. The molecule has 0 aliphatic carbocycles. The average molecular weight is 241 g/mol. The molecule has 2 aliphatic heterocycles. The van der Waals surface area contributed by atoms with Gasteiger partial charge in [0.05, 0.1) is 6.54 Å². The molecule has 2 fully saturated rings. The smallest absolute Gasteiger partial charge is 0.156 e. The number of rotatable bonds is 2. The van der Waals surface area contributed by atoms with Crippen molar-refractivity contribution in [1.82, 2.24) is 10.2 Å². The van der Waals surface area contributed by atoms with Crippen LogP contribution >= 0.6 is 11.8 Å². The Morgan fingerprint density at radius 2 is 2.31 bits per heavy atom. The zero-order chi connectivity index (χ0) is 11.4. The molecule has 2 aliphatic rings. The number of hydrogen-bond donors (Lipinski definition) is 1.